The largest absolute Gasteiger partial charge is 0.490 e. The number of rotatable bonds is 7. The van der Waals surface area contributed by atoms with Crippen LogP contribution in [0.4, 0.5) is 0 Å². The maximum Gasteiger partial charge on any atom is 0.275 e. The predicted octanol–water partition coefficient (Wildman–Crippen LogP) is 4.92. The summed E-state index contributed by atoms with van der Waals surface area (Å²) in [6, 6.07) is 9.28. The first-order valence-corrected chi connectivity index (χ1v) is 14.5. The fourth-order valence-electron chi connectivity index (χ4n) is 5.84. The minimum Gasteiger partial charge on any atom is -0.490 e. The summed E-state index contributed by atoms with van der Waals surface area (Å²) in [6.45, 7) is 1.89. The average Bonchev–Trinajstić information content (AvgIpc) is 3.60. The van der Waals surface area contributed by atoms with Gasteiger partial charge >= 0.3 is 0 Å². The fraction of sp³-hybridized carbons (Fsp3) is 0.533. The van der Waals surface area contributed by atoms with Crippen LogP contribution in [-0.2, 0) is 6.42 Å². The van der Waals surface area contributed by atoms with E-state index in [9.17, 15) is 9.90 Å². The summed E-state index contributed by atoms with van der Waals surface area (Å²) < 4.78 is 8.87. The second-order valence-corrected chi connectivity index (χ2v) is 12.0. The number of hydrogen-bond donors (Lipinski definition) is 1. The molecule has 1 N–H and O–H groups in total. The average molecular weight is 518 g/mol. The van der Waals surface area contributed by atoms with Gasteiger partial charge in [-0.1, -0.05) is 31.6 Å². The molecule has 4 heterocycles. The van der Waals surface area contributed by atoms with Crippen LogP contribution in [0.15, 0.2) is 35.4 Å². The lowest BCUT2D eigenvalue weighted by Gasteiger charge is -2.36. The monoisotopic (exact) mass is 517 g/mol. The van der Waals surface area contributed by atoms with Crippen LogP contribution < -0.4 is 10.3 Å². The molecule has 0 radical (unpaired) electrons. The zero-order valence-electron chi connectivity index (χ0n) is 21.7. The Balaban J connectivity index is 1.29. The van der Waals surface area contributed by atoms with Gasteiger partial charge < -0.3 is 14.7 Å². The molecule has 2 bridgehead atoms. The van der Waals surface area contributed by atoms with Gasteiger partial charge in [-0.05, 0) is 87.7 Å². The zero-order chi connectivity index (χ0) is 25.5. The number of aliphatic hydroxyl groups excluding tert-OH is 1. The molecule has 3 aromatic rings. The van der Waals surface area contributed by atoms with E-state index in [4.69, 9.17) is 4.74 Å². The first-order valence-electron chi connectivity index (χ1n) is 13.7. The quantitative estimate of drug-likeness (QED) is 0.451. The SMILES string of the molecule is CCC(O)C#Cc1cc2ncn(-c3ccc(O[C@H]4C[C@H]5CC[C@@H](C4)N5C)c(CCC4CC4)c3)c(=O)c2s1. The van der Waals surface area contributed by atoms with Gasteiger partial charge in [0.1, 0.15) is 29.0 Å². The highest BCUT2D eigenvalue weighted by Gasteiger charge is 2.39. The van der Waals surface area contributed by atoms with Crippen molar-refractivity contribution in [1.29, 1.82) is 0 Å². The predicted molar refractivity (Wildman–Crippen MR) is 148 cm³/mol. The summed E-state index contributed by atoms with van der Waals surface area (Å²) in [5.41, 5.74) is 2.57. The fourth-order valence-corrected chi connectivity index (χ4v) is 6.75. The summed E-state index contributed by atoms with van der Waals surface area (Å²) >= 11 is 1.34. The molecule has 2 aliphatic heterocycles. The Morgan fingerprint density at radius 3 is 2.70 bits per heavy atom. The second-order valence-electron chi connectivity index (χ2n) is 11.0. The van der Waals surface area contributed by atoms with Gasteiger partial charge in [0.25, 0.3) is 5.56 Å². The van der Waals surface area contributed by atoms with Crippen molar-refractivity contribution in [2.24, 2.45) is 5.92 Å². The maximum atomic E-state index is 13.4. The van der Waals surface area contributed by atoms with E-state index >= 15 is 0 Å². The highest BCUT2D eigenvalue weighted by molar-refractivity contribution is 7.19. The molecule has 0 spiro atoms. The van der Waals surface area contributed by atoms with Gasteiger partial charge in [-0.2, -0.15) is 0 Å². The van der Waals surface area contributed by atoms with E-state index in [0.717, 1.165) is 41.5 Å². The van der Waals surface area contributed by atoms with Crippen LogP contribution in [0.2, 0.25) is 0 Å². The summed E-state index contributed by atoms with van der Waals surface area (Å²) in [7, 11) is 2.26. The standard InChI is InChI=1S/C30H35N3O3S/c1-3-24(34)11-12-26-17-27-29(37-26)30(35)33(18-31-27)23-10-13-28(20(14-23)7-6-19-4-5-19)36-25-15-21-8-9-22(16-25)32(21)2/h10,13-14,17-19,21-22,24-25,34H,3-9,15-16H2,1-2H3/t21-,22+,24?,25+. The molecule has 1 aromatic carbocycles. The van der Waals surface area contributed by atoms with Gasteiger partial charge in [0.15, 0.2) is 0 Å². The molecule has 0 amide bonds. The third kappa shape index (κ3) is 5.20. The normalized spacial score (nSPS) is 24.1. The third-order valence-corrected chi connectivity index (χ3v) is 9.40. The molecule has 7 heteroatoms. The maximum absolute atomic E-state index is 13.4. The molecule has 6 nitrogen and oxygen atoms in total. The van der Waals surface area contributed by atoms with Gasteiger partial charge in [-0.25, -0.2) is 4.98 Å². The van der Waals surface area contributed by atoms with Crippen molar-refractivity contribution in [3.63, 3.8) is 0 Å². The highest BCUT2D eigenvalue weighted by atomic mass is 32.1. The number of aryl methyl sites for hydroxylation is 1. The number of nitrogens with zero attached hydrogens (tertiary/aromatic N) is 3. The number of thiophene rings is 1. The van der Waals surface area contributed by atoms with Crippen molar-refractivity contribution in [3.05, 3.63) is 51.4 Å². The van der Waals surface area contributed by atoms with E-state index in [0.29, 0.717) is 28.7 Å². The van der Waals surface area contributed by atoms with Crippen LogP contribution in [0.25, 0.3) is 15.9 Å². The van der Waals surface area contributed by atoms with E-state index in [1.807, 2.05) is 19.1 Å². The van der Waals surface area contributed by atoms with E-state index < -0.39 is 6.10 Å². The van der Waals surface area contributed by atoms with Gasteiger partial charge in [-0.3, -0.25) is 9.36 Å². The lowest BCUT2D eigenvalue weighted by atomic mass is 10.00. The van der Waals surface area contributed by atoms with Crippen molar-refractivity contribution in [2.45, 2.75) is 89.0 Å². The van der Waals surface area contributed by atoms with E-state index in [1.54, 1.807) is 10.9 Å². The van der Waals surface area contributed by atoms with Crippen molar-refractivity contribution in [2.75, 3.05) is 7.05 Å². The topological polar surface area (TPSA) is 67.6 Å². The molecule has 1 aliphatic carbocycles. The highest BCUT2D eigenvalue weighted by Crippen LogP contribution is 2.38. The lowest BCUT2D eigenvalue weighted by molar-refractivity contribution is 0.0655. The lowest BCUT2D eigenvalue weighted by Crippen LogP contribution is -2.43. The summed E-state index contributed by atoms with van der Waals surface area (Å²) in [5, 5.41) is 9.75. The molecule has 1 saturated carbocycles. The van der Waals surface area contributed by atoms with Gasteiger partial charge in [0.05, 0.1) is 16.1 Å². The Bertz CT molecular complexity index is 1400. The molecule has 1 unspecified atom stereocenters. The first-order chi connectivity index (χ1) is 18.0. The third-order valence-electron chi connectivity index (χ3n) is 8.38. The van der Waals surface area contributed by atoms with Crippen LogP contribution in [0.1, 0.15) is 68.7 Å². The smallest absolute Gasteiger partial charge is 0.275 e. The second kappa shape index (κ2) is 10.2. The molecule has 3 fully saturated rings. The summed E-state index contributed by atoms with van der Waals surface area (Å²) in [6.07, 6.45) is 11.3. The van der Waals surface area contributed by atoms with Crippen LogP contribution in [-0.4, -0.2) is 50.9 Å². The van der Waals surface area contributed by atoms with Crippen LogP contribution in [0, 0.1) is 17.8 Å². The summed E-state index contributed by atoms with van der Waals surface area (Å²) in [4.78, 5) is 21.3. The van der Waals surface area contributed by atoms with Crippen molar-refractivity contribution in [1.82, 2.24) is 14.5 Å². The molecular weight excluding hydrogens is 482 g/mol. The number of piperidine rings is 1. The molecule has 194 valence electrons. The number of ether oxygens (including phenoxy) is 1. The molecule has 6 rings (SSSR count). The Kier molecular flexibility index (Phi) is 6.83. The molecule has 2 saturated heterocycles. The van der Waals surface area contributed by atoms with Gasteiger partial charge in [0.2, 0.25) is 0 Å². The van der Waals surface area contributed by atoms with Crippen molar-refractivity contribution in [3.8, 4) is 23.3 Å². The van der Waals surface area contributed by atoms with Gasteiger partial charge in [0, 0.05) is 12.1 Å². The number of fused-ring (bicyclic) bond motifs is 3. The van der Waals surface area contributed by atoms with Crippen LogP contribution >= 0.6 is 11.3 Å². The Morgan fingerprint density at radius 2 is 1.97 bits per heavy atom. The number of aromatic nitrogens is 2. The molecule has 4 atom stereocenters. The minimum absolute atomic E-state index is 0.0900. The van der Waals surface area contributed by atoms with Crippen molar-refractivity contribution < 1.29 is 9.84 Å². The number of hydrogen-bond acceptors (Lipinski definition) is 6. The van der Waals surface area contributed by atoms with Gasteiger partial charge in [-0.15, -0.1) is 11.3 Å². The Morgan fingerprint density at radius 1 is 1.19 bits per heavy atom. The first kappa shape index (κ1) is 24.7. The molecule has 2 aromatic heterocycles. The summed E-state index contributed by atoms with van der Waals surface area (Å²) in [5.74, 6) is 7.61. The molecule has 3 aliphatic rings. The minimum atomic E-state index is -0.658. The van der Waals surface area contributed by atoms with Crippen LogP contribution in [0.3, 0.4) is 0 Å². The zero-order valence-corrected chi connectivity index (χ0v) is 22.5. The molecule has 37 heavy (non-hydrogen) atoms. The molecular formula is C30H35N3O3S. The van der Waals surface area contributed by atoms with Crippen LogP contribution in [0.5, 0.6) is 5.75 Å². The number of aliphatic hydroxyl groups is 1. The number of benzene rings is 1. The van der Waals surface area contributed by atoms with E-state index in [-0.39, 0.29) is 11.7 Å². The Hall–Kier alpha value is -2.66. The van der Waals surface area contributed by atoms with E-state index in [1.165, 1.54) is 49.0 Å². The van der Waals surface area contributed by atoms with E-state index in [2.05, 4.69) is 40.9 Å². The van der Waals surface area contributed by atoms with Crippen molar-refractivity contribution >= 4 is 21.6 Å². The Labute approximate surface area is 222 Å².